The van der Waals surface area contributed by atoms with E-state index >= 15 is 0 Å². The van der Waals surface area contributed by atoms with E-state index in [2.05, 4.69) is 0 Å². The first-order chi connectivity index (χ1) is 6.60. The van der Waals surface area contributed by atoms with Gasteiger partial charge < -0.3 is 10.5 Å². The van der Waals surface area contributed by atoms with E-state index in [9.17, 15) is 4.79 Å². The fourth-order valence-corrected chi connectivity index (χ4v) is 3.03. The van der Waals surface area contributed by atoms with E-state index in [0.29, 0.717) is 0 Å². The summed E-state index contributed by atoms with van der Waals surface area (Å²) in [5.74, 6) is -0.0125. The molecule has 0 aliphatic heterocycles. The molecule has 3 saturated carbocycles. The van der Waals surface area contributed by atoms with Crippen LogP contribution in [-0.2, 0) is 9.53 Å². The summed E-state index contributed by atoms with van der Waals surface area (Å²) in [6.45, 7) is 0. The number of ether oxygens (including phenoxy) is 1. The molecule has 2 N–H and O–H groups in total. The summed E-state index contributed by atoms with van der Waals surface area (Å²) >= 11 is 0. The average molecular weight is 197 g/mol. The van der Waals surface area contributed by atoms with Gasteiger partial charge in [-0.2, -0.15) is 0 Å². The third-order valence-electron chi connectivity index (χ3n) is 4.15. The van der Waals surface area contributed by atoms with Gasteiger partial charge in [0.05, 0.1) is 12.5 Å². The highest BCUT2D eigenvalue weighted by atomic mass is 16.5. The second-order valence-corrected chi connectivity index (χ2v) is 4.99. The van der Waals surface area contributed by atoms with Crippen molar-refractivity contribution >= 4 is 5.97 Å². The molecule has 0 aromatic rings. The molecule has 0 aromatic carbocycles. The molecule has 0 saturated heterocycles. The van der Waals surface area contributed by atoms with Crippen LogP contribution in [-0.4, -0.2) is 18.6 Å². The zero-order valence-electron chi connectivity index (χ0n) is 8.84. The summed E-state index contributed by atoms with van der Waals surface area (Å²) < 4.78 is 4.92. The number of carbonyl (C=O) groups excluding carboxylic acids is 1. The van der Waals surface area contributed by atoms with E-state index in [1.807, 2.05) is 0 Å². The minimum Gasteiger partial charge on any atom is -0.469 e. The summed E-state index contributed by atoms with van der Waals surface area (Å²) in [6.07, 6.45) is 6.95. The maximum atomic E-state index is 11.7. The molecule has 0 atom stereocenters. The van der Waals surface area contributed by atoms with Crippen LogP contribution in [0.1, 0.15) is 44.9 Å². The van der Waals surface area contributed by atoms with Gasteiger partial charge in [-0.05, 0) is 38.5 Å². The van der Waals surface area contributed by atoms with Crippen LogP contribution in [0.25, 0.3) is 0 Å². The van der Waals surface area contributed by atoms with Crippen molar-refractivity contribution in [2.24, 2.45) is 11.1 Å². The molecule has 0 spiro atoms. The molecule has 3 aliphatic carbocycles. The molecule has 3 aliphatic rings. The molecule has 80 valence electrons. The molecular formula is C11H19NO2. The predicted molar refractivity (Wildman–Crippen MR) is 53.7 cm³/mol. The highest BCUT2D eigenvalue weighted by molar-refractivity contribution is 5.77. The maximum Gasteiger partial charge on any atom is 0.311 e. The van der Waals surface area contributed by atoms with E-state index in [4.69, 9.17) is 10.5 Å². The molecule has 0 amide bonds. The van der Waals surface area contributed by atoms with Gasteiger partial charge in [0.15, 0.2) is 0 Å². The lowest BCUT2D eigenvalue weighted by atomic mass is 9.69. The molecule has 0 aromatic heterocycles. The zero-order chi connectivity index (χ0) is 10.2. The fourth-order valence-electron chi connectivity index (χ4n) is 3.03. The highest BCUT2D eigenvalue weighted by Crippen LogP contribution is 2.49. The number of esters is 1. The molecule has 0 radical (unpaired) electrons. The highest BCUT2D eigenvalue weighted by Gasteiger charge is 2.48. The van der Waals surface area contributed by atoms with Crippen LogP contribution in [0.15, 0.2) is 0 Å². The molecule has 3 nitrogen and oxygen atoms in total. The van der Waals surface area contributed by atoms with Gasteiger partial charge in [-0.3, -0.25) is 4.79 Å². The molecular weight excluding hydrogens is 178 g/mol. The first-order valence-electron chi connectivity index (χ1n) is 5.48. The monoisotopic (exact) mass is 197 g/mol. The van der Waals surface area contributed by atoms with E-state index in [0.717, 1.165) is 44.9 Å². The van der Waals surface area contributed by atoms with Crippen LogP contribution in [0.4, 0.5) is 0 Å². The molecule has 3 rings (SSSR count). The smallest absolute Gasteiger partial charge is 0.311 e. The summed E-state index contributed by atoms with van der Waals surface area (Å²) in [5, 5.41) is 0. The first kappa shape index (κ1) is 9.97. The Hall–Kier alpha value is -0.570. The predicted octanol–water partition coefficient (Wildman–Crippen LogP) is 1.60. The van der Waals surface area contributed by atoms with Crippen LogP contribution in [0.3, 0.4) is 0 Å². The van der Waals surface area contributed by atoms with Crippen LogP contribution in [0.2, 0.25) is 0 Å². The minimum absolute atomic E-state index is 0.0125. The fraction of sp³-hybridized carbons (Fsp3) is 0.909. The van der Waals surface area contributed by atoms with Crippen LogP contribution in [0.5, 0.6) is 0 Å². The van der Waals surface area contributed by atoms with Gasteiger partial charge in [0, 0.05) is 5.54 Å². The Kier molecular flexibility index (Phi) is 2.30. The SMILES string of the molecule is COC(=O)C12CCCC(N)(CC1)CC2. The lowest BCUT2D eigenvalue weighted by Gasteiger charge is -2.38. The third-order valence-corrected chi connectivity index (χ3v) is 4.15. The quantitative estimate of drug-likeness (QED) is 0.650. The number of methoxy groups -OCH3 is 1. The second-order valence-electron chi connectivity index (χ2n) is 4.99. The Labute approximate surface area is 85.0 Å². The van der Waals surface area contributed by atoms with E-state index in [-0.39, 0.29) is 16.9 Å². The Morgan fingerprint density at radius 2 is 1.79 bits per heavy atom. The summed E-state index contributed by atoms with van der Waals surface area (Å²) in [4.78, 5) is 11.7. The standard InChI is InChI=1S/C11H19NO2/c1-14-9(13)10-3-2-4-11(12,7-5-10)8-6-10/h2-8,12H2,1H3. The number of hydrogen-bond donors (Lipinski definition) is 1. The van der Waals surface area contributed by atoms with Crippen molar-refractivity contribution in [2.45, 2.75) is 50.5 Å². The molecule has 2 bridgehead atoms. The van der Waals surface area contributed by atoms with Gasteiger partial charge in [0.1, 0.15) is 0 Å². The summed E-state index contributed by atoms with van der Waals surface area (Å²) in [5.41, 5.74) is 6.08. The van der Waals surface area contributed by atoms with Crippen molar-refractivity contribution in [3.63, 3.8) is 0 Å². The van der Waals surface area contributed by atoms with Crippen molar-refractivity contribution in [1.29, 1.82) is 0 Å². The lowest BCUT2D eigenvalue weighted by molar-refractivity contribution is -0.155. The Bertz CT molecular complexity index is 242. The first-order valence-corrected chi connectivity index (χ1v) is 5.48. The maximum absolute atomic E-state index is 11.7. The van der Waals surface area contributed by atoms with Gasteiger partial charge in [0.25, 0.3) is 0 Å². The normalized spacial score (nSPS) is 41.9. The van der Waals surface area contributed by atoms with Gasteiger partial charge in [0.2, 0.25) is 0 Å². The number of nitrogens with two attached hydrogens (primary N) is 1. The zero-order valence-corrected chi connectivity index (χ0v) is 8.84. The molecule has 3 heteroatoms. The van der Waals surface area contributed by atoms with Gasteiger partial charge >= 0.3 is 5.97 Å². The molecule has 14 heavy (non-hydrogen) atoms. The van der Waals surface area contributed by atoms with Gasteiger partial charge in [-0.25, -0.2) is 0 Å². The summed E-state index contributed by atoms with van der Waals surface area (Å²) in [7, 11) is 1.49. The number of carbonyl (C=O) groups is 1. The van der Waals surface area contributed by atoms with Gasteiger partial charge in [-0.1, -0.05) is 6.42 Å². The van der Waals surface area contributed by atoms with Crippen molar-refractivity contribution in [3.05, 3.63) is 0 Å². The van der Waals surface area contributed by atoms with Crippen LogP contribution < -0.4 is 5.73 Å². The van der Waals surface area contributed by atoms with E-state index in [1.165, 1.54) is 7.11 Å². The van der Waals surface area contributed by atoms with Crippen molar-refractivity contribution in [3.8, 4) is 0 Å². The van der Waals surface area contributed by atoms with Crippen molar-refractivity contribution in [2.75, 3.05) is 7.11 Å². The van der Waals surface area contributed by atoms with Gasteiger partial charge in [-0.15, -0.1) is 0 Å². The summed E-state index contributed by atoms with van der Waals surface area (Å²) in [6, 6.07) is 0. The lowest BCUT2D eigenvalue weighted by Crippen LogP contribution is -2.45. The number of fused-ring (bicyclic) bond motifs is 4. The Balaban J connectivity index is 2.19. The van der Waals surface area contributed by atoms with Crippen molar-refractivity contribution < 1.29 is 9.53 Å². The third kappa shape index (κ3) is 1.44. The molecule has 3 fully saturated rings. The van der Waals surface area contributed by atoms with E-state index < -0.39 is 0 Å². The van der Waals surface area contributed by atoms with Crippen molar-refractivity contribution in [1.82, 2.24) is 0 Å². The van der Waals surface area contributed by atoms with Crippen LogP contribution in [0, 0.1) is 5.41 Å². The molecule has 0 unspecified atom stereocenters. The van der Waals surface area contributed by atoms with Crippen LogP contribution >= 0.6 is 0 Å². The Morgan fingerprint density at radius 3 is 2.36 bits per heavy atom. The second kappa shape index (κ2) is 3.23. The largest absolute Gasteiger partial charge is 0.469 e. The van der Waals surface area contributed by atoms with E-state index in [1.54, 1.807) is 0 Å². The average Bonchev–Trinajstić information content (AvgIpc) is 2.46. The minimum atomic E-state index is -0.186. The topological polar surface area (TPSA) is 52.3 Å². The number of hydrogen-bond acceptors (Lipinski definition) is 3. The Morgan fingerprint density at radius 1 is 1.14 bits per heavy atom. The number of rotatable bonds is 1. The molecule has 0 heterocycles.